The lowest BCUT2D eigenvalue weighted by molar-refractivity contribution is -0.145. The molecule has 5 heteroatoms. The van der Waals surface area contributed by atoms with Gasteiger partial charge in [0.15, 0.2) is 5.78 Å². The molecule has 0 radical (unpaired) electrons. The van der Waals surface area contributed by atoms with Crippen LogP contribution in [0.5, 0.6) is 0 Å². The van der Waals surface area contributed by atoms with Crippen LogP contribution < -0.4 is 4.90 Å². The summed E-state index contributed by atoms with van der Waals surface area (Å²) in [6.07, 6.45) is 1.87. The minimum Gasteiger partial charge on any atom is -0.464 e. The lowest BCUT2D eigenvalue weighted by atomic mass is 10.0. The summed E-state index contributed by atoms with van der Waals surface area (Å²) in [4.78, 5) is 37.6. The SMILES string of the molecule is CCOC(=O)C(C)N1C(=O)CCCc2ccc(C(C)=O)cc21. The zero-order valence-electron chi connectivity index (χ0n) is 13.2. The molecule has 0 bridgehead atoms. The predicted octanol–water partition coefficient (Wildman–Crippen LogP) is 2.51. The number of anilines is 1. The number of carbonyl (C=O) groups is 3. The lowest BCUT2D eigenvalue weighted by Crippen LogP contribution is -2.44. The highest BCUT2D eigenvalue weighted by Gasteiger charge is 2.31. The van der Waals surface area contributed by atoms with Crippen LogP contribution in [-0.4, -0.2) is 30.3 Å². The monoisotopic (exact) mass is 303 g/mol. The zero-order chi connectivity index (χ0) is 16.3. The number of amides is 1. The molecular weight excluding hydrogens is 282 g/mol. The van der Waals surface area contributed by atoms with Gasteiger partial charge in [-0.25, -0.2) is 4.79 Å². The Labute approximate surface area is 130 Å². The van der Waals surface area contributed by atoms with Crippen molar-refractivity contribution in [2.45, 2.75) is 46.1 Å². The van der Waals surface area contributed by atoms with E-state index < -0.39 is 12.0 Å². The number of fused-ring (bicyclic) bond motifs is 1. The first kappa shape index (κ1) is 16.2. The van der Waals surface area contributed by atoms with Gasteiger partial charge in [-0.2, -0.15) is 0 Å². The van der Waals surface area contributed by atoms with Crippen LogP contribution in [0.2, 0.25) is 0 Å². The molecule has 22 heavy (non-hydrogen) atoms. The summed E-state index contributed by atoms with van der Waals surface area (Å²) in [5.41, 5.74) is 2.16. The van der Waals surface area contributed by atoms with Crippen molar-refractivity contribution >= 4 is 23.3 Å². The molecule has 1 aromatic carbocycles. The van der Waals surface area contributed by atoms with Crippen molar-refractivity contribution in [1.29, 1.82) is 0 Å². The molecule has 2 rings (SSSR count). The number of benzene rings is 1. The summed E-state index contributed by atoms with van der Waals surface area (Å²) in [7, 11) is 0. The summed E-state index contributed by atoms with van der Waals surface area (Å²) in [5.74, 6) is -0.611. The van der Waals surface area contributed by atoms with Gasteiger partial charge >= 0.3 is 5.97 Å². The van der Waals surface area contributed by atoms with E-state index in [1.807, 2.05) is 6.07 Å². The van der Waals surface area contributed by atoms with Crippen molar-refractivity contribution in [1.82, 2.24) is 0 Å². The van der Waals surface area contributed by atoms with E-state index in [1.165, 1.54) is 11.8 Å². The Morgan fingerprint density at radius 1 is 1.32 bits per heavy atom. The smallest absolute Gasteiger partial charge is 0.328 e. The quantitative estimate of drug-likeness (QED) is 0.633. The Balaban J connectivity index is 2.48. The van der Waals surface area contributed by atoms with Crippen LogP contribution in [0.4, 0.5) is 5.69 Å². The van der Waals surface area contributed by atoms with Crippen molar-refractivity contribution in [2.24, 2.45) is 0 Å². The van der Waals surface area contributed by atoms with Gasteiger partial charge in [-0.3, -0.25) is 14.5 Å². The average molecular weight is 303 g/mol. The summed E-state index contributed by atoms with van der Waals surface area (Å²) >= 11 is 0. The number of ketones is 1. The third kappa shape index (κ3) is 3.18. The van der Waals surface area contributed by atoms with Crippen molar-refractivity contribution in [3.8, 4) is 0 Å². The fraction of sp³-hybridized carbons (Fsp3) is 0.471. The van der Waals surface area contributed by atoms with Gasteiger partial charge in [-0.15, -0.1) is 0 Å². The molecule has 0 spiro atoms. The molecule has 5 nitrogen and oxygen atoms in total. The maximum atomic E-state index is 12.4. The van der Waals surface area contributed by atoms with E-state index in [0.29, 0.717) is 17.7 Å². The third-order valence-electron chi connectivity index (χ3n) is 3.87. The van der Waals surface area contributed by atoms with Crippen LogP contribution in [0.1, 0.15) is 49.5 Å². The Kier molecular flexibility index (Phi) is 4.96. The van der Waals surface area contributed by atoms with Crippen LogP contribution >= 0.6 is 0 Å². The first-order valence-electron chi connectivity index (χ1n) is 7.58. The number of aryl methyl sites for hydroxylation is 1. The van der Waals surface area contributed by atoms with E-state index >= 15 is 0 Å². The molecule has 1 amide bonds. The van der Waals surface area contributed by atoms with Crippen LogP contribution in [-0.2, 0) is 20.7 Å². The molecule has 1 unspecified atom stereocenters. The summed E-state index contributed by atoms with van der Waals surface area (Å²) < 4.78 is 5.04. The summed E-state index contributed by atoms with van der Waals surface area (Å²) in [6, 6.07) is 4.64. The molecule has 0 N–H and O–H groups in total. The largest absolute Gasteiger partial charge is 0.464 e. The first-order chi connectivity index (χ1) is 10.5. The zero-order valence-corrected chi connectivity index (χ0v) is 13.2. The van der Waals surface area contributed by atoms with Crippen LogP contribution in [0.3, 0.4) is 0 Å². The molecule has 1 heterocycles. The van der Waals surface area contributed by atoms with Crippen molar-refractivity contribution < 1.29 is 19.1 Å². The topological polar surface area (TPSA) is 63.7 Å². The first-order valence-corrected chi connectivity index (χ1v) is 7.58. The van der Waals surface area contributed by atoms with E-state index in [1.54, 1.807) is 26.0 Å². The van der Waals surface area contributed by atoms with Crippen molar-refractivity contribution in [3.05, 3.63) is 29.3 Å². The molecular formula is C17H21NO4. The van der Waals surface area contributed by atoms with Gasteiger partial charge in [-0.05, 0) is 45.2 Å². The second-order valence-electron chi connectivity index (χ2n) is 5.44. The van der Waals surface area contributed by atoms with E-state index in [9.17, 15) is 14.4 Å². The van der Waals surface area contributed by atoms with E-state index in [0.717, 1.165) is 18.4 Å². The number of hydrogen-bond acceptors (Lipinski definition) is 4. The Morgan fingerprint density at radius 2 is 2.05 bits per heavy atom. The Bertz CT molecular complexity index is 609. The van der Waals surface area contributed by atoms with Gasteiger partial charge < -0.3 is 4.74 Å². The third-order valence-corrected chi connectivity index (χ3v) is 3.87. The lowest BCUT2D eigenvalue weighted by Gasteiger charge is -2.28. The van der Waals surface area contributed by atoms with Gasteiger partial charge in [0.2, 0.25) is 5.91 Å². The van der Waals surface area contributed by atoms with Crippen LogP contribution in [0, 0.1) is 0 Å². The number of hydrogen-bond donors (Lipinski definition) is 0. The minimum atomic E-state index is -0.702. The molecule has 0 fully saturated rings. The number of carbonyl (C=O) groups excluding carboxylic acids is 3. The van der Waals surface area contributed by atoms with Crippen molar-refractivity contribution in [2.75, 3.05) is 11.5 Å². The molecule has 0 aliphatic carbocycles. The number of rotatable bonds is 4. The molecule has 0 saturated heterocycles. The van der Waals surface area contributed by atoms with E-state index in [2.05, 4.69) is 0 Å². The Hall–Kier alpha value is -2.17. The maximum Gasteiger partial charge on any atom is 0.328 e. The highest BCUT2D eigenvalue weighted by molar-refractivity contribution is 6.02. The highest BCUT2D eigenvalue weighted by atomic mass is 16.5. The average Bonchev–Trinajstić information content (AvgIpc) is 2.64. The van der Waals surface area contributed by atoms with Gasteiger partial charge in [0.25, 0.3) is 0 Å². The number of esters is 1. The van der Waals surface area contributed by atoms with Gasteiger partial charge in [0.1, 0.15) is 6.04 Å². The molecule has 1 atom stereocenters. The normalized spacial score (nSPS) is 15.8. The number of Topliss-reactive ketones (excluding diaryl/α,β-unsaturated/α-hetero) is 1. The van der Waals surface area contributed by atoms with Crippen molar-refractivity contribution in [3.63, 3.8) is 0 Å². The van der Waals surface area contributed by atoms with Crippen LogP contribution in [0.15, 0.2) is 18.2 Å². The fourth-order valence-corrected chi connectivity index (χ4v) is 2.70. The molecule has 0 aromatic heterocycles. The molecule has 118 valence electrons. The standard InChI is InChI=1S/C17H21NO4/c1-4-22-17(21)11(2)18-15-10-14(12(3)19)9-8-13(15)6-5-7-16(18)20/h8-11H,4-7H2,1-3H3. The molecule has 1 aromatic rings. The number of nitrogens with zero attached hydrogens (tertiary/aromatic N) is 1. The second-order valence-corrected chi connectivity index (χ2v) is 5.44. The maximum absolute atomic E-state index is 12.4. The van der Waals surface area contributed by atoms with E-state index in [-0.39, 0.29) is 18.3 Å². The summed E-state index contributed by atoms with van der Waals surface area (Å²) in [5, 5.41) is 0. The predicted molar refractivity (Wildman–Crippen MR) is 83.0 cm³/mol. The molecule has 1 aliphatic heterocycles. The van der Waals surface area contributed by atoms with Gasteiger partial charge in [0.05, 0.1) is 6.61 Å². The van der Waals surface area contributed by atoms with Gasteiger partial charge in [-0.1, -0.05) is 12.1 Å². The molecule has 1 aliphatic rings. The van der Waals surface area contributed by atoms with Crippen LogP contribution in [0.25, 0.3) is 0 Å². The minimum absolute atomic E-state index is 0.0665. The molecule has 0 saturated carbocycles. The summed E-state index contributed by atoms with van der Waals surface area (Å²) in [6.45, 7) is 5.15. The number of ether oxygens (including phenoxy) is 1. The van der Waals surface area contributed by atoms with Gasteiger partial charge in [0, 0.05) is 17.7 Å². The second kappa shape index (κ2) is 6.73. The van der Waals surface area contributed by atoms with E-state index in [4.69, 9.17) is 4.74 Å². The Morgan fingerprint density at radius 3 is 2.68 bits per heavy atom. The fourth-order valence-electron chi connectivity index (χ4n) is 2.70. The highest BCUT2D eigenvalue weighted by Crippen LogP contribution is 2.30.